The van der Waals surface area contributed by atoms with Crippen LogP contribution in [0.4, 0.5) is 5.69 Å². The number of amides is 1. The molecule has 0 spiro atoms. The molecule has 0 saturated heterocycles. The molecule has 6 nitrogen and oxygen atoms in total. The molecule has 23 heavy (non-hydrogen) atoms. The molecular weight excluding hydrogens is 343 g/mol. The van der Waals surface area contributed by atoms with E-state index in [1.807, 2.05) is 0 Å². The number of esters is 1. The second-order valence-corrected chi connectivity index (χ2v) is 5.45. The fourth-order valence-corrected chi connectivity index (χ4v) is 2.04. The van der Waals surface area contributed by atoms with Gasteiger partial charge >= 0.3 is 5.97 Å². The normalized spacial score (nSPS) is 10.2. The first-order valence-electron chi connectivity index (χ1n) is 6.48. The zero-order valence-corrected chi connectivity index (χ0v) is 13.5. The number of nitrogens with one attached hydrogen (secondary N) is 2. The summed E-state index contributed by atoms with van der Waals surface area (Å²) in [7, 11) is 0. The molecule has 0 unspecified atom stereocenters. The summed E-state index contributed by atoms with van der Waals surface area (Å²) in [6.07, 6.45) is 1.39. The standard InChI is InChI=1S/C15H12Cl2N2O4/c1-8(20)9-4-13(18-6-9)15(22)23-7-14(21)19-12-5-10(16)2-3-11(12)17/h2-6,18H,7H2,1H3,(H,19,21). The maximum absolute atomic E-state index is 11.8. The average molecular weight is 355 g/mol. The number of ketones is 1. The lowest BCUT2D eigenvalue weighted by molar-refractivity contribution is -0.119. The van der Waals surface area contributed by atoms with E-state index in [4.69, 9.17) is 27.9 Å². The van der Waals surface area contributed by atoms with Gasteiger partial charge in [0.2, 0.25) is 0 Å². The molecule has 0 aliphatic heterocycles. The number of anilines is 1. The van der Waals surface area contributed by atoms with Gasteiger partial charge in [0.15, 0.2) is 12.4 Å². The molecule has 8 heteroatoms. The van der Waals surface area contributed by atoms with E-state index >= 15 is 0 Å². The van der Waals surface area contributed by atoms with Crippen LogP contribution in [0.1, 0.15) is 27.8 Å². The molecule has 0 atom stereocenters. The number of halogens is 2. The van der Waals surface area contributed by atoms with Crippen LogP contribution in [0.25, 0.3) is 0 Å². The number of hydrogen-bond donors (Lipinski definition) is 2. The molecule has 0 aliphatic carbocycles. The van der Waals surface area contributed by atoms with E-state index < -0.39 is 18.5 Å². The number of aromatic nitrogens is 1. The highest BCUT2D eigenvalue weighted by molar-refractivity contribution is 6.35. The van der Waals surface area contributed by atoms with Crippen molar-refractivity contribution in [3.05, 3.63) is 51.8 Å². The minimum Gasteiger partial charge on any atom is -0.451 e. The topological polar surface area (TPSA) is 88.3 Å². The van der Waals surface area contributed by atoms with Crippen LogP contribution in [0.15, 0.2) is 30.5 Å². The molecule has 0 aliphatic rings. The third-order valence-corrected chi connectivity index (χ3v) is 3.41. The molecular formula is C15H12Cl2N2O4. The Morgan fingerprint density at radius 3 is 2.61 bits per heavy atom. The fraction of sp³-hybridized carbons (Fsp3) is 0.133. The predicted molar refractivity (Wildman–Crippen MR) is 86.2 cm³/mol. The summed E-state index contributed by atoms with van der Waals surface area (Å²) >= 11 is 11.7. The fourth-order valence-electron chi connectivity index (χ4n) is 1.70. The van der Waals surface area contributed by atoms with E-state index in [0.717, 1.165) is 0 Å². The van der Waals surface area contributed by atoms with Crippen molar-refractivity contribution in [2.24, 2.45) is 0 Å². The maximum Gasteiger partial charge on any atom is 0.355 e. The van der Waals surface area contributed by atoms with E-state index in [2.05, 4.69) is 10.3 Å². The Morgan fingerprint density at radius 2 is 1.96 bits per heavy atom. The van der Waals surface area contributed by atoms with Crippen LogP contribution in [0.5, 0.6) is 0 Å². The third kappa shape index (κ3) is 4.58. The van der Waals surface area contributed by atoms with Crippen molar-refractivity contribution in [1.82, 2.24) is 4.98 Å². The molecule has 120 valence electrons. The summed E-state index contributed by atoms with van der Waals surface area (Å²) in [4.78, 5) is 37.3. The van der Waals surface area contributed by atoms with Crippen LogP contribution in [0.2, 0.25) is 10.0 Å². The van der Waals surface area contributed by atoms with Crippen molar-refractivity contribution in [2.75, 3.05) is 11.9 Å². The molecule has 2 aromatic rings. The van der Waals surface area contributed by atoms with Gasteiger partial charge in [0.1, 0.15) is 5.69 Å². The van der Waals surface area contributed by atoms with Crippen LogP contribution in [-0.4, -0.2) is 29.3 Å². The molecule has 1 heterocycles. The summed E-state index contributed by atoms with van der Waals surface area (Å²) in [5, 5.41) is 3.20. The van der Waals surface area contributed by atoms with Crippen LogP contribution in [-0.2, 0) is 9.53 Å². The highest BCUT2D eigenvalue weighted by Gasteiger charge is 2.14. The number of H-pyrrole nitrogens is 1. The van der Waals surface area contributed by atoms with Gasteiger partial charge in [0.25, 0.3) is 5.91 Å². The van der Waals surface area contributed by atoms with Crippen LogP contribution in [0.3, 0.4) is 0 Å². The van der Waals surface area contributed by atoms with Crippen molar-refractivity contribution in [3.8, 4) is 0 Å². The smallest absolute Gasteiger partial charge is 0.355 e. The number of benzene rings is 1. The third-order valence-electron chi connectivity index (χ3n) is 2.85. The van der Waals surface area contributed by atoms with Crippen molar-refractivity contribution >= 4 is 46.5 Å². The van der Waals surface area contributed by atoms with Crippen LogP contribution in [0, 0.1) is 0 Å². The van der Waals surface area contributed by atoms with Gasteiger partial charge in [-0.2, -0.15) is 0 Å². The zero-order valence-electron chi connectivity index (χ0n) is 12.0. The van der Waals surface area contributed by atoms with Gasteiger partial charge < -0.3 is 15.0 Å². The van der Waals surface area contributed by atoms with Crippen LogP contribution >= 0.6 is 23.2 Å². The van der Waals surface area contributed by atoms with Gasteiger partial charge in [-0.3, -0.25) is 9.59 Å². The summed E-state index contributed by atoms with van der Waals surface area (Å²) in [5.74, 6) is -1.50. The largest absolute Gasteiger partial charge is 0.451 e. The van der Waals surface area contributed by atoms with Crippen LogP contribution < -0.4 is 5.32 Å². The van der Waals surface area contributed by atoms with Gasteiger partial charge in [-0.1, -0.05) is 23.2 Å². The van der Waals surface area contributed by atoms with Gasteiger partial charge in [0.05, 0.1) is 10.7 Å². The minimum atomic E-state index is -0.746. The van der Waals surface area contributed by atoms with E-state index in [9.17, 15) is 14.4 Å². The molecule has 0 fully saturated rings. The SMILES string of the molecule is CC(=O)c1c[nH]c(C(=O)OCC(=O)Nc2cc(Cl)ccc2Cl)c1. The molecule has 2 rings (SSSR count). The Hall–Kier alpha value is -2.31. The lowest BCUT2D eigenvalue weighted by atomic mass is 10.2. The number of hydrogen-bond acceptors (Lipinski definition) is 4. The second kappa shape index (κ2) is 7.30. The lowest BCUT2D eigenvalue weighted by Gasteiger charge is -2.08. The van der Waals surface area contributed by atoms with E-state index in [0.29, 0.717) is 21.3 Å². The van der Waals surface area contributed by atoms with Crippen molar-refractivity contribution in [3.63, 3.8) is 0 Å². The number of carbonyl (C=O) groups is 3. The van der Waals surface area contributed by atoms with E-state index in [1.54, 1.807) is 6.07 Å². The molecule has 1 aromatic carbocycles. The first kappa shape index (κ1) is 17.1. The Kier molecular flexibility index (Phi) is 5.41. The number of rotatable bonds is 5. The molecule has 2 N–H and O–H groups in total. The quantitative estimate of drug-likeness (QED) is 0.636. The Balaban J connectivity index is 1.92. The highest BCUT2D eigenvalue weighted by Crippen LogP contribution is 2.25. The van der Waals surface area contributed by atoms with Crippen molar-refractivity contribution in [2.45, 2.75) is 6.92 Å². The molecule has 0 bridgehead atoms. The lowest BCUT2D eigenvalue weighted by Crippen LogP contribution is -2.21. The monoisotopic (exact) mass is 354 g/mol. The highest BCUT2D eigenvalue weighted by atomic mass is 35.5. The summed E-state index contributed by atoms with van der Waals surface area (Å²) in [5.41, 5.74) is 0.759. The first-order chi connectivity index (χ1) is 10.9. The second-order valence-electron chi connectivity index (χ2n) is 4.61. The predicted octanol–water partition coefficient (Wildman–Crippen LogP) is 3.32. The van der Waals surface area contributed by atoms with Crippen molar-refractivity contribution < 1.29 is 19.1 Å². The molecule has 1 aromatic heterocycles. The Bertz CT molecular complexity index is 771. The molecule has 0 radical (unpaired) electrons. The van der Waals surface area contributed by atoms with Gasteiger partial charge in [0, 0.05) is 16.8 Å². The number of aromatic amines is 1. The first-order valence-corrected chi connectivity index (χ1v) is 7.24. The van der Waals surface area contributed by atoms with E-state index in [1.165, 1.54) is 31.3 Å². The number of ether oxygens (including phenoxy) is 1. The van der Waals surface area contributed by atoms with Crippen molar-refractivity contribution in [1.29, 1.82) is 0 Å². The molecule has 1 amide bonds. The Labute approximate surface area is 141 Å². The average Bonchev–Trinajstić information content (AvgIpc) is 2.99. The maximum atomic E-state index is 11.8. The number of carbonyl (C=O) groups excluding carboxylic acids is 3. The summed E-state index contributed by atoms with van der Waals surface area (Å²) in [6.45, 7) is 0.872. The Morgan fingerprint density at radius 1 is 1.22 bits per heavy atom. The summed E-state index contributed by atoms with van der Waals surface area (Å²) in [6, 6.07) is 5.95. The zero-order chi connectivity index (χ0) is 17.0. The van der Waals surface area contributed by atoms with Gasteiger partial charge in [-0.25, -0.2) is 4.79 Å². The van der Waals surface area contributed by atoms with E-state index in [-0.39, 0.29) is 11.5 Å². The van der Waals surface area contributed by atoms with Gasteiger partial charge in [-0.15, -0.1) is 0 Å². The number of Topliss-reactive ketones (excluding diaryl/α,β-unsaturated/α-hetero) is 1. The van der Waals surface area contributed by atoms with Gasteiger partial charge in [-0.05, 0) is 31.2 Å². The molecule has 0 saturated carbocycles. The summed E-state index contributed by atoms with van der Waals surface area (Å²) < 4.78 is 4.86. The minimum absolute atomic E-state index is 0.0868.